The van der Waals surface area contributed by atoms with Crippen molar-refractivity contribution in [2.45, 2.75) is 39.5 Å². The van der Waals surface area contributed by atoms with Gasteiger partial charge in [0, 0.05) is 8.95 Å². The molecule has 0 saturated carbocycles. The van der Waals surface area contributed by atoms with E-state index in [9.17, 15) is 0 Å². The highest BCUT2D eigenvalue weighted by molar-refractivity contribution is 9.11. The molecule has 0 aromatic heterocycles. The molecule has 1 unspecified atom stereocenters. The third-order valence-corrected chi connectivity index (χ3v) is 3.78. The summed E-state index contributed by atoms with van der Waals surface area (Å²) >= 11 is 6.94. The fraction of sp³-hybridized carbons (Fsp3) is 0.571. The number of rotatable bonds is 7. The molecular formula is C14H20Br2O. The monoisotopic (exact) mass is 362 g/mol. The zero-order chi connectivity index (χ0) is 12.7. The number of halogens is 2. The lowest BCUT2D eigenvalue weighted by molar-refractivity contribution is 0.233. The fourth-order valence-corrected chi connectivity index (χ4v) is 2.98. The molecule has 0 radical (unpaired) electrons. The summed E-state index contributed by atoms with van der Waals surface area (Å²) in [6.07, 6.45) is 5.01. The molecule has 0 aliphatic carbocycles. The van der Waals surface area contributed by atoms with E-state index in [-0.39, 0.29) is 0 Å². The Morgan fingerprint density at radius 1 is 1.12 bits per heavy atom. The predicted molar refractivity (Wildman–Crippen MR) is 80.6 cm³/mol. The molecule has 0 saturated heterocycles. The maximum absolute atomic E-state index is 5.86. The molecule has 0 aliphatic heterocycles. The summed E-state index contributed by atoms with van der Waals surface area (Å²) < 4.78 is 7.95. The van der Waals surface area contributed by atoms with E-state index >= 15 is 0 Å². The number of unbranched alkanes of at least 4 members (excludes halogenated alkanes) is 1. The van der Waals surface area contributed by atoms with Crippen LogP contribution in [0.25, 0.3) is 0 Å². The molecule has 0 spiro atoms. The number of hydrogen-bond acceptors (Lipinski definition) is 1. The Labute approximate surface area is 121 Å². The molecule has 0 aliphatic rings. The van der Waals surface area contributed by atoms with Crippen LogP contribution in [0.15, 0.2) is 27.1 Å². The highest BCUT2D eigenvalue weighted by Crippen LogP contribution is 2.25. The maximum Gasteiger partial charge on any atom is 0.121 e. The van der Waals surface area contributed by atoms with E-state index < -0.39 is 0 Å². The molecule has 96 valence electrons. The van der Waals surface area contributed by atoms with Gasteiger partial charge in [-0.25, -0.2) is 0 Å². The van der Waals surface area contributed by atoms with E-state index in [0.29, 0.717) is 5.92 Å². The van der Waals surface area contributed by atoms with Gasteiger partial charge in [0.1, 0.15) is 5.75 Å². The Bertz CT molecular complexity index is 319. The molecule has 0 N–H and O–H groups in total. The summed E-state index contributed by atoms with van der Waals surface area (Å²) in [6, 6.07) is 6.04. The molecular weight excluding hydrogens is 344 g/mol. The molecule has 1 rings (SSSR count). The summed E-state index contributed by atoms with van der Waals surface area (Å²) in [5, 5.41) is 0. The normalized spacial score (nSPS) is 12.5. The van der Waals surface area contributed by atoms with Gasteiger partial charge in [-0.3, -0.25) is 0 Å². The summed E-state index contributed by atoms with van der Waals surface area (Å²) in [5.41, 5.74) is 0. The van der Waals surface area contributed by atoms with Crippen molar-refractivity contribution in [3.63, 3.8) is 0 Å². The standard InChI is InChI=1S/C14H20Br2O/c1-3-5-6-11(4-2)10-17-14-8-12(15)7-13(16)9-14/h7-9,11H,3-6,10H2,1-2H3. The molecule has 0 heterocycles. The van der Waals surface area contributed by atoms with Gasteiger partial charge in [-0.2, -0.15) is 0 Å². The van der Waals surface area contributed by atoms with Gasteiger partial charge in [0.05, 0.1) is 6.61 Å². The van der Waals surface area contributed by atoms with Crippen LogP contribution in [0.2, 0.25) is 0 Å². The van der Waals surface area contributed by atoms with Crippen molar-refractivity contribution < 1.29 is 4.74 Å². The average molecular weight is 364 g/mol. The lowest BCUT2D eigenvalue weighted by Gasteiger charge is -2.15. The molecule has 1 nitrogen and oxygen atoms in total. The molecule has 3 heteroatoms. The van der Waals surface area contributed by atoms with Gasteiger partial charge in [-0.1, -0.05) is 65.0 Å². The van der Waals surface area contributed by atoms with Crippen molar-refractivity contribution in [2.24, 2.45) is 5.92 Å². The summed E-state index contributed by atoms with van der Waals surface area (Å²) in [7, 11) is 0. The van der Waals surface area contributed by atoms with E-state index in [4.69, 9.17) is 4.74 Å². The Balaban J connectivity index is 2.47. The van der Waals surface area contributed by atoms with Crippen molar-refractivity contribution in [2.75, 3.05) is 6.61 Å². The van der Waals surface area contributed by atoms with Crippen LogP contribution in [0, 0.1) is 5.92 Å². The predicted octanol–water partition coefficient (Wildman–Crippen LogP) is 5.81. The minimum Gasteiger partial charge on any atom is -0.493 e. The Morgan fingerprint density at radius 3 is 2.29 bits per heavy atom. The van der Waals surface area contributed by atoms with Gasteiger partial charge < -0.3 is 4.74 Å². The zero-order valence-electron chi connectivity index (χ0n) is 10.5. The number of hydrogen-bond donors (Lipinski definition) is 0. The second kappa shape index (κ2) is 8.15. The van der Waals surface area contributed by atoms with E-state index in [2.05, 4.69) is 45.7 Å². The van der Waals surface area contributed by atoms with Gasteiger partial charge in [0.25, 0.3) is 0 Å². The van der Waals surface area contributed by atoms with Gasteiger partial charge in [-0.05, 0) is 30.5 Å². The van der Waals surface area contributed by atoms with Gasteiger partial charge >= 0.3 is 0 Å². The lowest BCUT2D eigenvalue weighted by Crippen LogP contribution is -2.11. The quantitative estimate of drug-likeness (QED) is 0.594. The van der Waals surface area contributed by atoms with Crippen molar-refractivity contribution in [1.29, 1.82) is 0 Å². The highest BCUT2D eigenvalue weighted by Gasteiger charge is 2.07. The Morgan fingerprint density at radius 2 is 1.76 bits per heavy atom. The Hall–Kier alpha value is -0.0200. The van der Waals surface area contributed by atoms with Crippen LogP contribution >= 0.6 is 31.9 Å². The molecule has 0 amide bonds. The first-order valence-electron chi connectivity index (χ1n) is 6.24. The molecule has 1 aromatic rings. The topological polar surface area (TPSA) is 9.23 Å². The van der Waals surface area contributed by atoms with Crippen molar-refractivity contribution >= 4 is 31.9 Å². The minimum atomic E-state index is 0.674. The zero-order valence-corrected chi connectivity index (χ0v) is 13.7. The molecule has 1 aromatic carbocycles. The van der Waals surface area contributed by atoms with Gasteiger partial charge in [0.15, 0.2) is 0 Å². The third-order valence-electron chi connectivity index (χ3n) is 2.87. The SMILES string of the molecule is CCCCC(CC)COc1cc(Br)cc(Br)c1. The van der Waals surface area contributed by atoms with Crippen LogP contribution in [0.5, 0.6) is 5.75 Å². The van der Waals surface area contributed by atoms with Crippen LogP contribution in [0.4, 0.5) is 0 Å². The van der Waals surface area contributed by atoms with Crippen LogP contribution < -0.4 is 4.74 Å². The summed E-state index contributed by atoms with van der Waals surface area (Å²) in [4.78, 5) is 0. The molecule has 17 heavy (non-hydrogen) atoms. The summed E-state index contributed by atoms with van der Waals surface area (Å²) in [6.45, 7) is 5.29. The fourth-order valence-electron chi connectivity index (χ4n) is 1.72. The van der Waals surface area contributed by atoms with Crippen LogP contribution in [-0.4, -0.2) is 6.61 Å². The molecule has 0 fully saturated rings. The average Bonchev–Trinajstić information content (AvgIpc) is 2.28. The highest BCUT2D eigenvalue weighted by atomic mass is 79.9. The minimum absolute atomic E-state index is 0.674. The number of ether oxygens (including phenoxy) is 1. The van der Waals surface area contributed by atoms with Crippen LogP contribution in [0.1, 0.15) is 39.5 Å². The molecule has 0 bridgehead atoms. The van der Waals surface area contributed by atoms with E-state index in [1.54, 1.807) is 0 Å². The maximum atomic E-state index is 5.86. The van der Waals surface area contributed by atoms with Gasteiger partial charge in [-0.15, -0.1) is 0 Å². The van der Waals surface area contributed by atoms with E-state index in [1.165, 1.54) is 25.7 Å². The van der Waals surface area contributed by atoms with Crippen molar-refractivity contribution in [1.82, 2.24) is 0 Å². The smallest absolute Gasteiger partial charge is 0.121 e. The van der Waals surface area contributed by atoms with Crippen molar-refractivity contribution in [3.8, 4) is 5.75 Å². The molecule has 1 atom stereocenters. The second-order valence-corrected chi connectivity index (χ2v) is 6.16. The van der Waals surface area contributed by atoms with Crippen LogP contribution in [0.3, 0.4) is 0 Å². The lowest BCUT2D eigenvalue weighted by atomic mass is 10.0. The van der Waals surface area contributed by atoms with Crippen LogP contribution in [-0.2, 0) is 0 Å². The largest absolute Gasteiger partial charge is 0.493 e. The van der Waals surface area contributed by atoms with E-state index in [0.717, 1.165) is 21.3 Å². The first-order chi connectivity index (χ1) is 8.15. The first kappa shape index (κ1) is 15.0. The Kier molecular flexibility index (Phi) is 7.21. The van der Waals surface area contributed by atoms with E-state index in [1.807, 2.05) is 18.2 Å². The third kappa shape index (κ3) is 5.91. The van der Waals surface area contributed by atoms with Gasteiger partial charge in [0.2, 0.25) is 0 Å². The number of benzene rings is 1. The second-order valence-electron chi connectivity index (χ2n) is 4.33. The van der Waals surface area contributed by atoms with Crippen molar-refractivity contribution in [3.05, 3.63) is 27.1 Å². The summed E-state index contributed by atoms with van der Waals surface area (Å²) in [5.74, 6) is 1.61. The first-order valence-corrected chi connectivity index (χ1v) is 7.83.